The number of aromatic nitrogens is 1. The van der Waals surface area contributed by atoms with Crippen molar-refractivity contribution in [1.29, 1.82) is 0 Å². The maximum atomic E-state index is 14.6. The number of sulfonamides is 1. The van der Waals surface area contributed by atoms with Crippen LogP contribution in [0.1, 0.15) is 65.2 Å². The zero-order chi connectivity index (χ0) is 41.1. The fraction of sp³-hybridized carbons (Fsp3) is 0.488. The quantitative estimate of drug-likeness (QED) is 0.154. The Balaban J connectivity index is 1.14. The Morgan fingerprint density at radius 1 is 1.05 bits per heavy atom. The van der Waals surface area contributed by atoms with Crippen LogP contribution in [0.15, 0.2) is 53.5 Å². The number of pyridine rings is 1. The molecule has 8 rings (SSSR count). The summed E-state index contributed by atoms with van der Waals surface area (Å²) in [6.45, 7) is 7.14. The highest BCUT2D eigenvalue weighted by Crippen LogP contribution is 2.46. The van der Waals surface area contributed by atoms with E-state index in [2.05, 4.69) is 21.9 Å². The molecule has 15 nitrogen and oxygen atoms in total. The number of likely N-dealkylation sites (tertiary alicyclic amines) is 1. The van der Waals surface area contributed by atoms with Crippen molar-refractivity contribution in [3.8, 4) is 11.5 Å². The molecule has 2 aromatic carbocycles. The van der Waals surface area contributed by atoms with Crippen LogP contribution in [0.4, 0.5) is 9.18 Å². The summed E-state index contributed by atoms with van der Waals surface area (Å²) >= 11 is 0. The van der Waals surface area contributed by atoms with Crippen LogP contribution in [-0.4, -0.2) is 90.9 Å². The third-order valence-electron chi connectivity index (χ3n) is 11.7. The van der Waals surface area contributed by atoms with Crippen LogP contribution < -0.4 is 24.8 Å². The summed E-state index contributed by atoms with van der Waals surface area (Å²) < 4.78 is 66.5. The molecule has 5 atom stereocenters. The number of hydrogen-bond donors (Lipinski definition) is 3. The van der Waals surface area contributed by atoms with Crippen LogP contribution >= 0.6 is 0 Å². The molecule has 0 spiro atoms. The monoisotopic (exact) mass is 819 g/mol. The first kappa shape index (κ1) is 39.4. The van der Waals surface area contributed by atoms with E-state index < -0.39 is 80.5 Å². The van der Waals surface area contributed by atoms with E-state index in [9.17, 15) is 32.0 Å². The number of furan rings is 1. The molecule has 3 N–H and O–H groups in total. The number of nitrogens with one attached hydrogen (secondary N) is 3. The number of fused-ring (bicyclic) bond motifs is 4. The van der Waals surface area contributed by atoms with Crippen LogP contribution in [0.2, 0.25) is 0 Å². The lowest BCUT2D eigenvalue weighted by Crippen LogP contribution is -2.59. The molecule has 0 unspecified atom stereocenters. The number of halogens is 1. The molecule has 1 aliphatic heterocycles. The molecule has 2 aromatic heterocycles. The van der Waals surface area contributed by atoms with Crippen molar-refractivity contribution in [1.82, 2.24) is 25.2 Å². The minimum absolute atomic E-state index is 0.0816. The summed E-state index contributed by atoms with van der Waals surface area (Å²) in [5, 5.41) is 5.83. The van der Waals surface area contributed by atoms with Crippen LogP contribution in [0, 0.1) is 17.7 Å². The zero-order valence-corrected chi connectivity index (χ0v) is 33.2. The van der Waals surface area contributed by atoms with Crippen molar-refractivity contribution < 1.29 is 50.6 Å². The Kier molecular flexibility index (Phi) is 10.2. The molecule has 0 bridgehead atoms. The Hall–Kier alpha value is -5.45. The van der Waals surface area contributed by atoms with Gasteiger partial charge in [0.2, 0.25) is 21.8 Å². The number of carbonyl (C=O) groups excluding carboxylic acids is 4. The predicted octanol–water partition coefficient (Wildman–Crippen LogP) is 4.99. The summed E-state index contributed by atoms with van der Waals surface area (Å²) in [7, 11) is -2.44. The molecule has 3 saturated carbocycles. The van der Waals surface area contributed by atoms with Gasteiger partial charge in [-0.3, -0.25) is 19.1 Å². The van der Waals surface area contributed by atoms with Gasteiger partial charge >= 0.3 is 6.09 Å². The second-order valence-corrected chi connectivity index (χ2v) is 18.0. The van der Waals surface area contributed by atoms with Gasteiger partial charge in [-0.25, -0.2) is 22.6 Å². The van der Waals surface area contributed by atoms with Crippen LogP contribution in [0.3, 0.4) is 0 Å². The lowest BCUT2D eigenvalue weighted by atomic mass is 10.0. The second kappa shape index (κ2) is 15.1. The molecular weight excluding hydrogens is 774 g/mol. The smallest absolute Gasteiger partial charge is 0.408 e. The number of carbonyl (C=O) groups is 4. The van der Waals surface area contributed by atoms with Crippen molar-refractivity contribution in [2.75, 3.05) is 13.7 Å². The number of nitrogens with zero attached hydrogens (tertiary/aromatic N) is 2. The molecule has 4 aromatic rings. The van der Waals surface area contributed by atoms with Crippen molar-refractivity contribution in [3.63, 3.8) is 0 Å². The number of benzene rings is 2. The summed E-state index contributed by atoms with van der Waals surface area (Å²) in [5.74, 6) is -3.08. The van der Waals surface area contributed by atoms with E-state index in [-0.39, 0.29) is 42.3 Å². The molecule has 17 heteroatoms. The number of methoxy groups -OCH3 is 1. The minimum Gasteiger partial charge on any atom is -0.493 e. The molecule has 58 heavy (non-hydrogen) atoms. The van der Waals surface area contributed by atoms with Crippen molar-refractivity contribution >= 4 is 66.8 Å². The van der Waals surface area contributed by atoms with Gasteiger partial charge < -0.3 is 34.2 Å². The van der Waals surface area contributed by atoms with Gasteiger partial charge in [0.05, 0.1) is 29.8 Å². The lowest BCUT2D eigenvalue weighted by Gasteiger charge is -2.31. The van der Waals surface area contributed by atoms with Gasteiger partial charge in [-0.05, 0) is 75.1 Å². The van der Waals surface area contributed by atoms with E-state index in [0.717, 1.165) is 25.7 Å². The molecule has 4 aliphatic rings. The highest BCUT2D eigenvalue weighted by molar-refractivity contribution is 7.91. The summed E-state index contributed by atoms with van der Waals surface area (Å²) in [5.41, 5.74) is -0.334. The number of ether oxygens (including phenoxy) is 3. The van der Waals surface area contributed by atoms with E-state index in [4.69, 9.17) is 23.6 Å². The second-order valence-electron chi connectivity index (χ2n) is 16.1. The number of alkyl carbamates (subject to hydrolysis) is 1. The number of amides is 4. The topological polar surface area (TPSA) is 195 Å². The van der Waals surface area contributed by atoms with E-state index >= 15 is 0 Å². The van der Waals surface area contributed by atoms with E-state index in [1.54, 1.807) is 32.0 Å². The standard InChI is InChI=1S/C41H46FN5O10S/c1-5-22-19-41(22,39(50)46-58(52,53)26-14-15-26)45-37(48)30-18-25(20-47(30)38(49)32(21(2)3)44-40(51)56-24-9-6-7-10-24)55-35-27-16-13-23(42)17-29(27)43-33-28-11-8-12-31(54-4)34(28)57-36(33)35/h5,8,11-13,16-17,21-22,24-26,30,32H,1,6-7,9-10,14-15,18-20H2,2-4H3,(H,44,51)(H,45,48)(H,46,50)/t22-,25-,30+,32+,41-/m1/s1. The number of rotatable bonds is 13. The van der Waals surface area contributed by atoms with Gasteiger partial charge in [0, 0.05) is 23.8 Å². The molecule has 4 amide bonds. The third-order valence-corrected chi connectivity index (χ3v) is 13.5. The summed E-state index contributed by atoms with van der Waals surface area (Å²) in [6.07, 6.45) is 3.81. The molecule has 3 aliphatic carbocycles. The van der Waals surface area contributed by atoms with Crippen molar-refractivity contribution in [2.45, 2.75) is 100 Å². The van der Waals surface area contributed by atoms with Gasteiger partial charge in [0.15, 0.2) is 22.7 Å². The fourth-order valence-electron chi connectivity index (χ4n) is 8.23. The Labute approximate surface area is 334 Å². The Morgan fingerprint density at radius 3 is 2.48 bits per heavy atom. The predicted molar refractivity (Wildman–Crippen MR) is 210 cm³/mol. The number of hydrogen-bond acceptors (Lipinski definition) is 11. The van der Waals surface area contributed by atoms with E-state index in [1.165, 1.54) is 36.3 Å². The highest BCUT2D eigenvalue weighted by atomic mass is 32.2. The zero-order valence-electron chi connectivity index (χ0n) is 32.4. The van der Waals surface area contributed by atoms with Gasteiger partial charge in [0.25, 0.3) is 5.91 Å². The normalized spacial score (nSPS) is 23.9. The summed E-state index contributed by atoms with van der Waals surface area (Å²) in [4.78, 5) is 61.8. The van der Waals surface area contributed by atoms with Gasteiger partial charge in [-0.1, -0.05) is 26.0 Å². The molecule has 3 heterocycles. The summed E-state index contributed by atoms with van der Waals surface area (Å²) in [6, 6.07) is 6.97. The van der Waals surface area contributed by atoms with E-state index in [0.29, 0.717) is 40.5 Å². The Bertz CT molecular complexity index is 2450. The minimum atomic E-state index is -3.94. The molecular formula is C41H46FN5O10S. The fourth-order valence-corrected chi connectivity index (χ4v) is 9.59. The van der Waals surface area contributed by atoms with Crippen molar-refractivity contribution in [3.05, 3.63) is 54.9 Å². The average Bonchev–Trinajstić information content (AvgIpc) is 4.01. The highest BCUT2D eigenvalue weighted by Gasteiger charge is 2.62. The molecule has 0 radical (unpaired) electrons. The first-order chi connectivity index (χ1) is 27.7. The third kappa shape index (κ3) is 7.28. The molecule has 308 valence electrons. The van der Waals surface area contributed by atoms with Crippen LogP contribution in [0.25, 0.3) is 33.0 Å². The van der Waals surface area contributed by atoms with Gasteiger partial charge in [0.1, 0.15) is 41.2 Å². The maximum absolute atomic E-state index is 14.6. The first-order valence-corrected chi connectivity index (χ1v) is 21.2. The Morgan fingerprint density at radius 2 is 1.81 bits per heavy atom. The maximum Gasteiger partial charge on any atom is 0.408 e. The average molecular weight is 820 g/mol. The lowest BCUT2D eigenvalue weighted by molar-refractivity contribution is -0.141. The van der Waals surface area contributed by atoms with Gasteiger partial charge in [-0.2, -0.15) is 0 Å². The molecule has 1 saturated heterocycles. The van der Waals surface area contributed by atoms with Crippen molar-refractivity contribution in [2.24, 2.45) is 11.8 Å². The van der Waals surface area contributed by atoms with Crippen LogP contribution in [-0.2, 0) is 29.1 Å². The first-order valence-electron chi connectivity index (χ1n) is 19.7. The SMILES string of the molecule is C=C[C@@H]1C[C@]1(NC(=O)[C@@H]1C[C@@H](Oc2c3ccc(F)cc3nc3c2oc2c(OC)cccc23)CN1C(=O)[C@@H](NC(=O)OC1CCCC1)C(C)C)C(=O)NS(=O)(=O)C1CC1. The van der Waals surface area contributed by atoms with Crippen LogP contribution in [0.5, 0.6) is 11.5 Å². The molecule has 4 fully saturated rings. The van der Waals surface area contributed by atoms with E-state index in [1.807, 2.05) is 0 Å². The number of para-hydroxylation sites is 1. The largest absolute Gasteiger partial charge is 0.493 e. The van der Waals surface area contributed by atoms with Gasteiger partial charge in [-0.15, -0.1) is 6.58 Å².